The Balaban J connectivity index is 1.51. The van der Waals surface area contributed by atoms with Crippen molar-refractivity contribution in [2.24, 2.45) is 0 Å². The summed E-state index contributed by atoms with van der Waals surface area (Å²) in [4.78, 5) is 4.37. The highest BCUT2D eigenvalue weighted by Crippen LogP contribution is 2.35. The molecule has 0 spiro atoms. The van der Waals surface area contributed by atoms with Crippen LogP contribution in [0.5, 0.6) is 5.75 Å². The lowest BCUT2D eigenvalue weighted by Crippen LogP contribution is -2.10. The number of alkyl halides is 1. The largest absolute Gasteiger partial charge is 0.490 e. The summed E-state index contributed by atoms with van der Waals surface area (Å²) in [6, 6.07) is 12.9. The Morgan fingerprint density at radius 3 is 2.33 bits per heavy atom. The van der Waals surface area contributed by atoms with Gasteiger partial charge in [-0.05, 0) is 55.5 Å². The lowest BCUT2D eigenvalue weighted by Gasteiger charge is -2.13. The Morgan fingerprint density at radius 2 is 1.67 bits per heavy atom. The first-order chi connectivity index (χ1) is 13.1. The predicted octanol–water partition coefficient (Wildman–Crippen LogP) is 6.69. The number of ether oxygens (including phenoxy) is 1. The van der Waals surface area contributed by atoms with Gasteiger partial charge in [0.2, 0.25) is 11.7 Å². The van der Waals surface area contributed by atoms with E-state index in [1.54, 1.807) is 18.2 Å². The summed E-state index contributed by atoms with van der Waals surface area (Å²) >= 11 is 18.9. The predicted molar refractivity (Wildman–Crippen MR) is 107 cm³/mol. The fourth-order valence-electron chi connectivity index (χ4n) is 3.21. The van der Waals surface area contributed by atoms with E-state index >= 15 is 0 Å². The van der Waals surface area contributed by atoms with Crippen LogP contribution >= 0.6 is 34.8 Å². The molecule has 4 nitrogen and oxygen atoms in total. The molecule has 2 aromatic carbocycles. The zero-order chi connectivity index (χ0) is 18.8. The van der Waals surface area contributed by atoms with Gasteiger partial charge in [0.05, 0.1) is 21.7 Å². The number of aromatic nitrogens is 2. The summed E-state index contributed by atoms with van der Waals surface area (Å²) in [5, 5.41) is 4.31. The van der Waals surface area contributed by atoms with Gasteiger partial charge in [0.1, 0.15) is 11.1 Å². The average Bonchev–Trinajstić information content (AvgIpc) is 3.34. The first kappa shape index (κ1) is 18.6. The molecule has 0 saturated heterocycles. The van der Waals surface area contributed by atoms with Gasteiger partial charge in [0, 0.05) is 0 Å². The molecule has 0 amide bonds. The molecule has 1 aliphatic rings. The summed E-state index contributed by atoms with van der Waals surface area (Å²) in [5.74, 6) is 1.45. The molecule has 140 valence electrons. The van der Waals surface area contributed by atoms with Crippen LogP contribution in [0.15, 0.2) is 47.0 Å². The summed E-state index contributed by atoms with van der Waals surface area (Å²) in [7, 11) is 0. The fourth-order valence-corrected chi connectivity index (χ4v) is 4.01. The molecule has 0 aliphatic heterocycles. The monoisotopic (exact) mass is 422 g/mol. The first-order valence-corrected chi connectivity index (χ1v) is 10.00. The molecule has 1 aliphatic carbocycles. The number of benzene rings is 2. The Bertz CT molecular complexity index is 901. The highest BCUT2D eigenvalue weighted by Gasteiger charge is 2.22. The fraction of sp³-hybridized carbons (Fsp3) is 0.300. The van der Waals surface area contributed by atoms with Crippen molar-refractivity contribution < 1.29 is 9.26 Å². The van der Waals surface area contributed by atoms with Gasteiger partial charge in [-0.25, -0.2) is 0 Å². The smallest absolute Gasteiger partial charge is 0.249 e. The minimum Gasteiger partial charge on any atom is -0.490 e. The maximum Gasteiger partial charge on any atom is 0.249 e. The Labute approximate surface area is 172 Å². The molecule has 4 rings (SSSR count). The van der Waals surface area contributed by atoms with Crippen molar-refractivity contribution >= 4 is 34.8 Å². The van der Waals surface area contributed by atoms with Crippen molar-refractivity contribution in [1.29, 1.82) is 0 Å². The minimum atomic E-state index is -0.576. The van der Waals surface area contributed by atoms with Crippen LogP contribution < -0.4 is 4.74 Å². The number of halogens is 3. The van der Waals surface area contributed by atoms with E-state index in [2.05, 4.69) is 10.1 Å². The van der Waals surface area contributed by atoms with Crippen LogP contribution in [0.4, 0.5) is 0 Å². The number of hydrogen-bond acceptors (Lipinski definition) is 4. The summed E-state index contributed by atoms with van der Waals surface area (Å²) in [6.45, 7) is 0. The Hall–Kier alpha value is -1.75. The molecule has 1 saturated carbocycles. The second kappa shape index (κ2) is 8.09. The summed E-state index contributed by atoms with van der Waals surface area (Å²) in [6.07, 6.45) is 5.04. The van der Waals surface area contributed by atoms with Gasteiger partial charge in [-0.1, -0.05) is 46.6 Å². The maximum absolute atomic E-state index is 6.53. The number of nitrogens with zero attached hydrogens (tertiary/aromatic N) is 2. The van der Waals surface area contributed by atoms with E-state index in [1.807, 2.05) is 24.3 Å². The van der Waals surface area contributed by atoms with Crippen LogP contribution in [0.2, 0.25) is 10.0 Å². The normalized spacial score (nSPS) is 15.8. The van der Waals surface area contributed by atoms with Crippen molar-refractivity contribution in [2.75, 3.05) is 0 Å². The van der Waals surface area contributed by atoms with E-state index in [-0.39, 0.29) is 5.89 Å². The van der Waals surface area contributed by atoms with Gasteiger partial charge in [-0.3, -0.25) is 0 Å². The second-order valence-corrected chi connectivity index (χ2v) is 7.76. The molecule has 0 radical (unpaired) electrons. The highest BCUT2D eigenvalue weighted by molar-refractivity contribution is 6.38. The maximum atomic E-state index is 6.53. The van der Waals surface area contributed by atoms with E-state index in [0.717, 1.165) is 24.2 Å². The van der Waals surface area contributed by atoms with Crippen molar-refractivity contribution in [3.8, 4) is 17.1 Å². The highest BCUT2D eigenvalue weighted by atomic mass is 35.5. The van der Waals surface area contributed by atoms with Gasteiger partial charge < -0.3 is 9.26 Å². The minimum absolute atomic E-state index is 0.284. The molecule has 1 heterocycles. The summed E-state index contributed by atoms with van der Waals surface area (Å²) in [5.41, 5.74) is 1.37. The van der Waals surface area contributed by atoms with E-state index in [9.17, 15) is 0 Å². The van der Waals surface area contributed by atoms with Crippen molar-refractivity contribution in [3.63, 3.8) is 0 Å². The van der Waals surface area contributed by atoms with Crippen LogP contribution in [0, 0.1) is 0 Å². The molecule has 1 fully saturated rings. The lowest BCUT2D eigenvalue weighted by molar-refractivity contribution is 0.210. The van der Waals surface area contributed by atoms with Gasteiger partial charge in [-0.15, -0.1) is 11.6 Å². The van der Waals surface area contributed by atoms with E-state index in [0.29, 0.717) is 27.5 Å². The zero-order valence-electron chi connectivity index (χ0n) is 14.4. The van der Waals surface area contributed by atoms with Crippen LogP contribution in [0.25, 0.3) is 11.4 Å². The van der Waals surface area contributed by atoms with Crippen molar-refractivity contribution in [3.05, 3.63) is 64.0 Å². The van der Waals surface area contributed by atoms with Gasteiger partial charge >= 0.3 is 0 Å². The van der Waals surface area contributed by atoms with Crippen molar-refractivity contribution in [2.45, 2.75) is 37.2 Å². The Kier molecular flexibility index (Phi) is 5.58. The Morgan fingerprint density at radius 1 is 1.00 bits per heavy atom. The van der Waals surface area contributed by atoms with E-state index in [4.69, 9.17) is 44.1 Å². The number of hydrogen-bond donors (Lipinski definition) is 0. The molecule has 0 bridgehead atoms. The van der Waals surface area contributed by atoms with E-state index < -0.39 is 5.38 Å². The lowest BCUT2D eigenvalue weighted by atomic mass is 10.1. The van der Waals surface area contributed by atoms with Gasteiger partial charge in [0.15, 0.2) is 0 Å². The van der Waals surface area contributed by atoms with Crippen LogP contribution in [0.3, 0.4) is 0 Å². The standard InChI is InChI=1S/C20H17Cl3N2O2/c21-15-6-3-7-16(22)17(15)19-24-20(27-25-19)18(23)12-8-10-14(11-9-12)26-13-4-1-2-5-13/h3,6-11,13,18H,1-2,4-5H2. The third kappa shape index (κ3) is 4.08. The first-order valence-electron chi connectivity index (χ1n) is 8.80. The molecule has 3 aromatic rings. The molecule has 1 atom stereocenters. The molecule has 1 unspecified atom stereocenters. The molecular formula is C20H17Cl3N2O2. The van der Waals surface area contributed by atoms with Gasteiger partial charge in [-0.2, -0.15) is 4.98 Å². The second-order valence-electron chi connectivity index (χ2n) is 6.51. The topological polar surface area (TPSA) is 48.2 Å². The zero-order valence-corrected chi connectivity index (χ0v) is 16.6. The average molecular weight is 424 g/mol. The quantitative estimate of drug-likeness (QED) is 0.429. The van der Waals surface area contributed by atoms with Crippen molar-refractivity contribution in [1.82, 2.24) is 10.1 Å². The summed E-state index contributed by atoms with van der Waals surface area (Å²) < 4.78 is 11.3. The molecule has 1 aromatic heterocycles. The third-order valence-corrected chi connectivity index (χ3v) is 5.69. The third-order valence-electron chi connectivity index (χ3n) is 4.62. The molecule has 27 heavy (non-hydrogen) atoms. The molecular weight excluding hydrogens is 407 g/mol. The van der Waals surface area contributed by atoms with Gasteiger partial charge in [0.25, 0.3) is 0 Å². The van der Waals surface area contributed by atoms with Crippen LogP contribution in [0.1, 0.15) is 42.5 Å². The molecule has 0 N–H and O–H groups in total. The molecule has 7 heteroatoms. The number of rotatable bonds is 5. The van der Waals surface area contributed by atoms with Crippen LogP contribution in [-0.4, -0.2) is 16.2 Å². The van der Waals surface area contributed by atoms with Crippen LogP contribution in [-0.2, 0) is 0 Å². The SMILES string of the molecule is Clc1cccc(Cl)c1-c1noc(C(Cl)c2ccc(OC3CCCC3)cc2)n1. The van der Waals surface area contributed by atoms with E-state index in [1.165, 1.54) is 12.8 Å².